The Labute approximate surface area is 44.4 Å². The summed E-state index contributed by atoms with van der Waals surface area (Å²) in [4.78, 5) is 0. The summed E-state index contributed by atoms with van der Waals surface area (Å²) in [5.41, 5.74) is 8.15. The molecule has 0 aromatic heterocycles. The Balaban J connectivity index is 3.16. The lowest BCUT2D eigenvalue weighted by molar-refractivity contribution is 0.627. The fraction of sp³-hybridized carbons (Fsp3) is 1.00. The van der Waals surface area contributed by atoms with Crippen molar-refractivity contribution in [3.05, 3.63) is 5.53 Å². The van der Waals surface area contributed by atoms with Crippen LogP contribution in [-0.4, -0.2) is 6.04 Å². The molecule has 0 heterocycles. The van der Waals surface area contributed by atoms with Gasteiger partial charge < -0.3 is 10.6 Å². The molecule has 2 nitrogen and oxygen atoms in total. The molecular weight excluding hydrogens is 88.1 g/mol. The molecule has 0 fully saturated rings. The van der Waals surface area contributed by atoms with Crippen molar-refractivity contribution in [3.63, 3.8) is 0 Å². The minimum absolute atomic E-state index is 0.167. The largest absolute Gasteiger partial charge is 0.712 e. The van der Waals surface area contributed by atoms with Crippen LogP contribution in [-0.2, 0) is 0 Å². The summed E-state index contributed by atoms with van der Waals surface area (Å²) in [5, 5.41) is 3.12. The van der Waals surface area contributed by atoms with Gasteiger partial charge in [0.25, 0.3) is 0 Å². The van der Waals surface area contributed by atoms with Gasteiger partial charge in [-0.15, -0.1) is 0 Å². The SMILES string of the molecule is CCC(CC)N=[N-]. The molecule has 0 aliphatic rings. The first-order valence-corrected chi connectivity index (χ1v) is 2.69. The molecule has 0 aromatic rings. The Bertz CT molecular complexity index is 48.0. The average molecular weight is 99.2 g/mol. The normalized spacial score (nSPS) is 9.57. The summed E-state index contributed by atoms with van der Waals surface area (Å²) in [6.45, 7) is 4.02. The van der Waals surface area contributed by atoms with Crippen molar-refractivity contribution in [2.24, 2.45) is 5.11 Å². The van der Waals surface area contributed by atoms with E-state index < -0.39 is 0 Å². The number of rotatable bonds is 3. The Morgan fingerprint density at radius 2 is 1.86 bits per heavy atom. The van der Waals surface area contributed by atoms with Crippen molar-refractivity contribution in [2.45, 2.75) is 32.7 Å². The first-order valence-electron chi connectivity index (χ1n) is 2.69. The molecule has 0 aliphatic heterocycles. The Hall–Kier alpha value is -0.400. The molecule has 0 aliphatic carbocycles. The van der Waals surface area contributed by atoms with Crippen LogP contribution >= 0.6 is 0 Å². The number of hydrogen-bond acceptors (Lipinski definition) is 1. The van der Waals surface area contributed by atoms with Gasteiger partial charge in [0.1, 0.15) is 0 Å². The Kier molecular flexibility index (Phi) is 3.56. The van der Waals surface area contributed by atoms with E-state index in [1.807, 2.05) is 13.8 Å². The van der Waals surface area contributed by atoms with Crippen LogP contribution in [0.4, 0.5) is 0 Å². The molecule has 0 saturated carbocycles. The van der Waals surface area contributed by atoms with E-state index >= 15 is 0 Å². The molecule has 7 heavy (non-hydrogen) atoms. The predicted octanol–water partition coefficient (Wildman–Crippen LogP) is 2.20. The highest BCUT2D eigenvalue weighted by Crippen LogP contribution is 1.99. The zero-order chi connectivity index (χ0) is 5.70. The summed E-state index contributed by atoms with van der Waals surface area (Å²) >= 11 is 0. The third kappa shape index (κ3) is 2.31. The zero-order valence-electron chi connectivity index (χ0n) is 4.89. The van der Waals surface area contributed by atoms with Crippen LogP contribution in [0.1, 0.15) is 26.7 Å². The van der Waals surface area contributed by atoms with E-state index in [2.05, 4.69) is 5.11 Å². The molecule has 0 N–H and O–H groups in total. The lowest BCUT2D eigenvalue weighted by Gasteiger charge is -2.06. The smallest absolute Gasteiger partial charge is 0.0257 e. The summed E-state index contributed by atoms with van der Waals surface area (Å²) in [5.74, 6) is 0. The van der Waals surface area contributed by atoms with E-state index in [0.29, 0.717) is 0 Å². The lowest BCUT2D eigenvalue weighted by atomic mass is 10.2. The summed E-state index contributed by atoms with van der Waals surface area (Å²) < 4.78 is 0. The van der Waals surface area contributed by atoms with Crippen molar-refractivity contribution in [1.82, 2.24) is 0 Å². The molecule has 0 spiro atoms. The van der Waals surface area contributed by atoms with E-state index in [9.17, 15) is 0 Å². The van der Waals surface area contributed by atoms with Gasteiger partial charge in [0.2, 0.25) is 0 Å². The van der Waals surface area contributed by atoms with E-state index in [1.165, 1.54) is 0 Å². The summed E-state index contributed by atoms with van der Waals surface area (Å²) in [6.07, 6.45) is 1.88. The Morgan fingerprint density at radius 3 is 1.86 bits per heavy atom. The molecule has 0 amide bonds. The summed E-state index contributed by atoms with van der Waals surface area (Å²) in [6, 6.07) is 0.167. The molecule has 0 atom stereocenters. The zero-order valence-corrected chi connectivity index (χ0v) is 4.89. The van der Waals surface area contributed by atoms with Crippen LogP contribution in [0.2, 0.25) is 0 Å². The Morgan fingerprint density at radius 1 is 1.43 bits per heavy atom. The molecule has 0 aromatic carbocycles. The van der Waals surface area contributed by atoms with E-state index in [1.54, 1.807) is 0 Å². The quantitative estimate of drug-likeness (QED) is 0.486. The van der Waals surface area contributed by atoms with Gasteiger partial charge >= 0.3 is 0 Å². The molecule has 0 bridgehead atoms. The topological polar surface area (TPSA) is 34.7 Å². The maximum absolute atomic E-state index is 8.15. The first-order chi connectivity index (χ1) is 3.35. The molecule has 2 heteroatoms. The second-order valence-electron chi connectivity index (χ2n) is 1.59. The second-order valence-corrected chi connectivity index (χ2v) is 1.59. The molecule has 0 unspecified atom stereocenters. The van der Waals surface area contributed by atoms with Crippen molar-refractivity contribution in [1.29, 1.82) is 0 Å². The van der Waals surface area contributed by atoms with Gasteiger partial charge in [0.15, 0.2) is 0 Å². The van der Waals surface area contributed by atoms with Gasteiger partial charge in [0, 0.05) is 6.04 Å². The monoisotopic (exact) mass is 99.1 g/mol. The summed E-state index contributed by atoms with van der Waals surface area (Å²) in [7, 11) is 0. The molecular formula is C5H11N2-. The highest BCUT2D eigenvalue weighted by atomic mass is 15.0. The van der Waals surface area contributed by atoms with Crippen LogP contribution in [0.5, 0.6) is 0 Å². The predicted molar refractivity (Wildman–Crippen MR) is 30.2 cm³/mol. The van der Waals surface area contributed by atoms with Crippen LogP contribution in [0.15, 0.2) is 5.11 Å². The van der Waals surface area contributed by atoms with Crippen LogP contribution in [0.3, 0.4) is 0 Å². The average Bonchev–Trinajstić information content (AvgIpc) is 1.72. The van der Waals surface area contributed by atoms with Gasteiger partial charge in [-0.2, -0.15) is 0 Å². The van der Waals surface area contributed by atoms with Crippen LogP contribution in [0, 0.1) is 0 Å². The van der Waals surface area contributed by atoms with Crippen LogP contribution in [0.25, 0.3) is 5.53 Å². The van der Waals surface area contributed by atoms with Gasteiger partial charge in [-0.05, 0) is 12.8 Å². The van der Waals surface area contributed by atoms with E-state index in [0.717, 1.165) is 12.8 Å². The van der Waals surface area contributed by atoms with Crippen molar-refractivity contribution < 1.29 is 0 Å². The maximum atomic E-state index is 8.15. The van der Waals surface area contributed by atoms with Crippen molar-refractivity contribution in [2.75, 3.05) is 0 Å². The van der Waals surface area contributed by atoms with Crippen molar-refractivity contribution in [3.8, 4) is 0 Å². The van der Waals surface area contributed by atoms with E-state index in [-0.39, 0.29) is 6.04 Å². The number of nitrogens with zero attached hydrogens (tertiary/aromatic N) is 2. The van der Waals surface area contributed by atoms with Gasteiger partial charge in [-0.3, -0.25) is 0 Å². The minimum Gasteiger partial charge on any atom is -0.712 e. The molecule has 0 saturated heterocycles. The first kappa shape index (κ1) is 6.60. The van der Waals surface area contributed by atoms with Gasteiger partial charge in [-0.1, -0.05) is 13.8 Å². The minimum atomic E-state index is 0.167. The van der Waals surface area contributed by atoms with Crippen LogP contribution < -0.4 is 0 Å². The number of hydrogen-bond donors (Lipinski definition) is 0. The molecule has 0 rings (SSSR count). The lowest BCUT2D eigenvalue weighted by Crippen LogP contribution is -1.96. The van der Waals surface area contributed by atoms with Gasteiger partial charge in [-0.25, -0.2) is 0 Å². The van der Waals surface area contributed by atoms with Crippen molar-refractivity contribution >= 4 is 0 Å². The fourth-order valence-electron chi connectivity index (χ4n) is 0.452. The second kappa shape index (κ2) is 3.78. The maximum Gasteiger partial charge on any atom is 0.0257 e. The van der Waals surface area contributed by atoms with Gasteiger partial charge in [0.05, 0.1) is 0 Å². The third-order valence-corrected chi connectivity index (χ3v) is 1.11. The highest BCUT2D eigenvalue weighted by molar-refractivity contribution is 4.57. The standard InChI is InChI=1S/C5H11N2/c1-3-5(4-2)7-6/h5H,3-4H2,1-2H3/q-1. The molecule has 0 radical (unpaired) electrons. The molecule has 42 valence electrons. The van der Waals surface area contributed by atoms with E-state index in [4.69, 9.17) is 5.53 Å². The third-order valence-electron chi connectivity index (χ3n) is 1.11. The highest BCUT2D eigenvalue weighted by Gasteiger charge is 1.90. The fourth-order valence-corrected chi connectivity index (χ4v) is 0.452.